The zero-order valence-corrected chi connectivity index (χ0v) is 21.1. The summed E-state index contributed by atoms with van der Waals surface area (Å²) in [5, 5.41) is 0. The highest BCUT2D eigenvalue weighted by molar-refractivity contribution is 6.13. The summed E-state index contributed by atoms with van der Waals surface area (Å²) in [4.78, 5) is 13.7. The molecule has 180 valence electrons. The van der Waals surface area contributed by atoms with Crippen LogP contribution in [-0.4, -0.2) is 25.4 Å². The fourth-order valence-corrected chi connectivity index (χ4v) is 6.36. The van der Waals surface area contributed by atoms with Gasteiger partial charge < -0.3 is 0 Å². The van der Waals surface area contributed by atoms with Crippen molar-refractivity contribution < 1.29 is 0 Å². The van der Waals surface area contributed by atoms with Gasteiger partial charge in [-0.15, -0.1) is 0 Å². The summed E-state index contributed by atoms with van der Waals surface area (Å²) in [6.07, 6.45) is 0. The van der Waals surface area contributed by atoms with Gasteiger partial charge in [-0.1, -0.05) is 115 Å². The molecular formula is C35H25N3. The minimum absolute atomic E-state index is 0.392. The van der Waals surface area contributed by atoms with Gasteiger partial charge in [0.15, 0.2) is 11.7 Å². The van der Waals surface area contributed by atoms with Gasteiger partial charge in [0.25, 0.3) is 0 Å². The molecule has 0 heterocycles. The second kappa shape index (κ2) is 8.60. The van der Waals surface area contributed by atoms with Gasteiger partial charge >= 0.3 is 0 Å². The van der Waals surface area contributed by atoms with Gasteiger partial charge in [-0.3, -0.25) is 4.99 Å². The average Bonchev–Trinajstić information content (AvgIpc) is 3.45. The summed E-state index contributed by atoms with van der Waals surface area (Å²) < 4.78 is 0. The van der Waals surface area contributed by atoms with Gasteiger partial charge in [0.2, 0.25) is 0 Å². The second-order valence-corrected chi connectivity index (χ2v) is 9.65. The van der Waals surface area contributed by atoms with Crippen LogP contribution in [0.1, 0.15) is 33.4 Å². The molecule has 5 aromatic rings. The minimum atomic E-state index is -0.392. The van der Waals surface area contributed by atoms with Crippen LogP contribution in [-0.2, 0) is 5.41 Å². The van der Waals surface area contributed by atoms with E-state index in [1.54, 1.807) is 7.05 Å². The van der Waals surface area contributed by atoms with Crippen molar-refractivity contribution in [3.05, 3.63) is 155 Å². The molecule has 7 rings (SSSR count). The highest BCUT2D eigenvalue weighted by Gasteiger charge is 2.51. The third-order valence-corrected chi connectivity index (χ3v) is 7.86. The number of hydrogen-bond acceptors (Lipinski definition) is 1. The van der Waals surface area contributed by atoms with E-state index in [1.807, 2.05) is 30.3 Å². The summed E-state index contributed by atoms with van der Waals surface area (Å²) >= 11 is 0. The Labute approximate surface area is 222 Å². The minimum Gasteiger partial charge on any atom is -0.270 e. The molecule has 0 amide bonds. The molecule has 0 bridgehead atoms. The van der Waals surface area contributed by atoms with E-state index in [0.29, 0.717) is 11.7 Å². The maximum Gasteiger partial charge on any atom is 0.161 e. The summed E-state index contributed by atoms with van der Waals surface area (Å²) in [5.41, 5.74) is 11.8. The smallest absolute Gasteiger partial charge is 0.161 e. The number of amidine groups is 2. The molecule has 0 fully saturated rings. The Morgan fingerprint density at radius 2 is 1.03 bits per heavy atom. The topological polar surface area (TPSA) is 37.1 Å². The highest BCUT2D eigenvalue weighted by Crippen LogP contribution is 2.62. The molecule has 0 aromatic heterocycles. The number of aliphatic imine (C=N–C) groups is 3. The quantitative estimate of drug-likeness (QED) is 0.178. The molecule has 0 N–H and O–H groups in total. The fourth-order valence-electron chi connectivity index (χ4n) is 6.36. The van der Waals surface area contributed by atoms with Crippen LogP contribution >= 0.6 is 0 Å². The number of benzene rings is 5. The SMILES string of the molecule is C=NC(=NC(=NC)c1ccc2c(c1)C1(c3ccccc3-c3ccccc31)c1ccccc1-2)c1ccccc1. The first-order valence-electron chi connectivity index (χ1n) is 12.8. The van der Waals surface area contributed by atoms with Crippen LogP contribution < -0.4 is 0 Å². The lowest BCUT2D eigenvalue weighted by atomic mass is 9.70. The molecule has 0 unspecified atom stereocenters. The zero-order valence-electron chi connectivity index (χ0n) is 21.1. The number of hydrogen-bond donors (Lipinski definition) is 0. The van der Waals surface area contributed by atoms with Crippen molar-refractivity contribution in [1.29, 1.82) is 0 Å². The maximum absolute atomic E-state index is 4.87. The van der Waals surface area contributed by atoms with E-state index in [-0.39, 0.29) is 0 Å². The average molecular weight is 488 g/mol. The van der Waals surface area contributed by atoms with Crippen LogP contribution in [0.3, 0.4) is 0 Å². The lowest BCUT2D eigenvalue weighted by Crippen LogP contribution is -2.26. The number of nitrogens with zero attached hydrogens (tertiary/aromatic N) is 3. The Balaban J connectivity index is 1.49. The first-order valence-corrected chi connectivity index (χ1v) is 12.8. The van der Waals surface area contributed by atoms with Crippen molar-refractivity contribution >= 4 is 18.4 Å². The van der Waals surface area contributed by atoms with Crippen molar-refractivity contribution in [2.45, 2.75) is 5.41 Å². The molecule has 3 nitrogen and oxygen atoms in total. The summed E-state index contributed by atoms with van der Waals surface area (Å²) in [5.74, 6) is 1.19. The van der Waals surface area contributed by atoms with E-state index < -0.39 is 5.41 Å². The Bertz CT molecular complexity index is 1730. The Morgan fingerprint density at radius 3 is 1.55 bits per heavy atom. The van der Waals surface area contributed by atoms with Crippen molar-refractivity contribution in [3.8, 4) is 22.3 Å². The number of fused-ring (bicyclic) bond motifs is 10. The van der Waals surface area contributed by atoms with Gasteiger partial charge in [-0.05, 0) is 57.3 Å². The van der Waals surface area contributed by atoms with Crippen LogP contribution in [0.25, 0.3) is 22.3 Å². The van der Waals surface area contributed by atoms with E-state index >= 15 is 0 Å². The van der Waals surface area contributed by atoms with Gasteiger partial charge in [0, 0.05) is 18.2 Å². The van der Waals surface area contributed by atoms with Crippen LogP contribution in [0, 0.1) is 0 Å². The van der Waals surface area contributed by atoms with E-state index in [9.17, 15) is 0 Å². The zero-order chi connectivity index (χ0) is 25.7. The molecule has 0 saturated heterocycles. The molecule has 3 heteroatoms. The van der Waals surface area contributed by atoms with Crippen LogP contribution in [0.4, 0.5) is 0 Å². The number of rotatable bonds is 2. The molecule has 38 heavy (non-hydrogen) atoms. The first kappa shape index (κ1) is 22.3. The van der Waals surface area contributed by atoms with Gasteiger partial charge in [-0.2, -0.15) is 0 Å². The molecule has 2 aliphatic rings. The first-order chi connectivity index (χ1) is 18.8. The largest absolute Gasteiger partial charge is 0.270 e. The molecule has 5 aromatic carbocycles. The predicted molar refractivity (Wildman–Crippen MR) is 158 cm³/mol. The monoisotopic (exact) mass is 487 g/mol. The van der Waals surface area contributed by atoms with Crippen molar-refractivity contribution in [3.63, 3.8) is 0 Å². The molecule has 0 aliphatic heterocycles. The molecule has 0 radical (unpaired) electrons. The van der Waals surface area contributed by atoms with Gasteiger partial charge in [-0.25, -0.2) is 9.98 Å². The van der Waals surface area contributed by atoms with Crippen LogP contribution in [0.5, 0.6) is 0 Å². The lowest BCUT2D eigenvalue weighted by molar-refractivity contribution is 0.793. The Kier molecular flexibility index (Phi) is 5.05. The normalized spacial score (nSPS) is 14.6. The predicted octanol–water partition coefficient (Wildman–Crippen LogP) is 7.55. The Hall–Kier alpha value is -4.89. The van der Waals surface area contributed by atoms with Gasteiger partial charge in [0.05, 0.1) is 5.41 Å². The molecule has 2 aliphatic carbocycles. The van der Waals surface area contributed by atoms with Crippen molar-refractivity contribution in [1.82, 2.24) is 0 Å². The van der Waals surface area contributed by atoms with E-state index in [0.717, 1.165) is 11.1 Å². The standard InChI is InChI=1S/C35H25N3/c1-36-33(23-12-4-3-5-13-23)38-34(37-2)24-20-21-28-27-16-8-11-19-31(27)35(32(28)22-24)29-17-9-6-14-25(29)26-15-7-10-18-30(26)35/h3-22H,1H2,2H3. The third kappa shape index (κ3) is 2.99. The summed E-state index contributed by atoms with van der Waals surface area (Å²) in [6, 6.07) is 43.0. The highest BCUT2D eigenvalue weighted by atomic mass is 15.0. The molecule has 1 spiro atoms. The summed E-state index contributed by atoms with van der Waals surface area (Å²) in [6.45, 7) is 3.78. The molecule has 0 atom stereocenters. The van der Waals surface area contributed by atoms with E-state index in [4.69, 9.17) is 4.99 Å². The fraction of sp³-hybridized carbons (Fsp3) is 0.0571. The molecular weight excluding hydrogens is 462 g/mol. The maximum atomic E-state index is 4.87. The lowest BCUT2D eigenvalue weighted by Gasteiger charge is -2.30. The Morgan fingerprint density at radius 1 is 0.526 bits per heavy atom. The van der Waals surface area contributed by atoms with Crippen LogP contribution in [0.15, 0.2) is 136 Å². The van der Waals surface area contributed by atoms with E-state index in [1.165, 1.54) is 44.5 Å². The third-order valence-electron chi connectivity index (χ3n) is 7.86. The van der Waals surface area contributed by atoms with Crippen molar-refractivity contribution in [2.24, 2.45) is 15.0 Å². The van der Waals surface area contributed by atoms with E-state index in [2.05, 4.69) is 108 Å². The summed E-state index contributed by atoms with van der Waals surface area (Å²) in [7, 11) is 1.78. The molecule has 0 saturated carbocycles. The second-order valence-electron chi connectivity index (χ2n) is 9.65. The van der Waals surface area contributed by atoms with Gasteiger partial charge in [0.1, 0.15) is 0 Å². The van der Waals surface area contributed by atoms with Crippen molar-refractivity contribution in [2.75, 3.05) is 7.05 Å². The van der Waals surface area contributed by atoms with Crippen LogP contribution in [0.2, 0.25) is 0 Å².